The molecule has 0 saturated carbocycles. The number of aromatic amines is 1. The van der Waals surface area contributed by atoms with Crippen LogP contribution in [-0.2, 0) is 0 Å². The molecular formula is C14H16FN3O. The van der Waals surface area contributed by atoms with E-state index in [1.165, 1.54) is 12.3 Å². The summed E-state index contributed by atoms with van der Waals surface area (Å²) in [6.07, 6.45) is 7.01. The molecule has 0 saturated heterocycles. The predicted octanol–water partition coefficient (Wildman–Crippen LogP) is 2.42. The SMILES string of the molecule is CC1=CC(c2ncc(N(C)C)c(=O)[nH]2)=C(F)C=CC1. The largest absolute Gasteiger partial charge is 0.372 e. The van der Waals surface area contributed by atoms with E-state index < -0.39 is 5.83 Å². The van der Waals surface area contributed by atoms with Crippen LogP contribution in [0.2, 0.25) is 0 Å². The zero-order chi connectivity index (χ0) is 14.0. The van der Waals surface area contributed by atoms with E-state index in [-0.39, 0.29) is 11.4 Å². The number of H-pyrrole nitrogens is 1. The molecule has 2 rings (SSSR count). The zero-order valence-electron chi connectivity index (χ0n) is 11.2. The molecular weight excluding hydrogens is 245 g/mol. The lowest BCUT2D eigenvalue weighted by atomic mass is 10.1. The Kier molecular flexibility index (Phi) is 3.64. The van der Waals surface area contributed by atoms with Crippen molar-refractivity contribution in [2.75, 3.05) is 19.0 Å². The zero-order valence-corrected chi connectivity index (χ0v) is 11.2. The number of rotatable bonds is 2. The lowest BCUT2D eigenvalue weighted by molar-refractivity contribution is 0.669. The summed E-state index contributed by atoms with van der Waals surface area (Å²) >= 11 is 0. The van der Waals surface area contributed by atoms with Crippen LogP contribution in [0.4, 0.5) is 10.1 Å². The average molecular weight is 261 g/mol. The van der Waals surface area contributed by atoms with Crippen LogP contribution in [0.5, 0.6) is 0 Å². The highest BCUT2D eigenvalue weighted by Crippen LogP contribution is 2.24. The summed E-state index contributed by atoms with van der Waals surface area (Å²) < 4.78 is 13.9. The molecule has 0 amide bonds. The first kappa shape index (κ1) is 13.3. The smallest absolute Gasteiger partial charge is 0.274 e. The first-order chi connectivity index (χ1) is 8.99. The van der Waals surface area contributed by atoms with Gasteiger partial charge >= 0.3 is 0 Å². The van der Waals surface area contributed by atoms with Crippen molar-refractivity contribution in [3.05, 3.63) is 52.0 Å². The van der Waals surface area contributed by atoms with Gasteiger partial charge in [-0.15, -0.1) is 0 Å². The standard InChI is InChI=1S/C14H16FN3O/c1-9-5-4-6-11(15)10(7-9)13-16-8-12(18(2)3)14(19)17-13/h4,6-8H,5H2,1-3H3,(H,16,17,19). The Morgan fingerprint density at radius 3 is 2.79 bits per heavy atom. The van der Waals surface area contributed by atoms with E-state index in [9.17, 15) is 9.18 Å². The van der Waals surface area contributed by atoms with Gasteiger partial charge in [0.2, 0.25) is 0 Å². The van der Waals surface area contributed by atoms with Crippen molar-refractivity contribution in [1.82, 2.24) is 9.97 Å². The van der Waals surface area contributed by atoms with E-state index in [2.05, 4.69) is 9.97 Å². The van der Waals surface area contributed by atoms with Gasteiger partial charge in [-0.05, 0) is 25.5 Å². The highest BCUT2D eigenvalue weighted by atomic mass is 19.1. The molecule has 0 spiro atoms. The van der Waals surface area contributed by atoms with Gasteiger partial charge in [0, 0.05) is 14.1 Å². The van der Waals surface area contributed by atoms with Gasteiger partial charge in [0.15, 0.2) is 0 Å². The second-order valence-electron chi connectivity index (χ2n) is 4.70. The molecule has 0 radical (unpaired) electrons. The fourth-order valence-corrected chi connectivity index (χ4v) is 1.84. The van der Waals surface area contributed by atoms with Gasteiger partial charge in [-0.2, -0.15) is 0 Å². The number of hydrogen-bond donors (Lipinski definition) is 1. The molecule has 0 atom stereocenters. The monoisotopic (exact) mass is 261 g/mol. The molecule has 4 nitrogen and oxygen atoms in total. The number of aromatic nitrogens is 2. The first-order valence-electron chi connectivity index (χ1n) is 5.99. The van der Waals surface area contributed by atoms with E-state index in [4.69, 9.17) is 0 Å². The van der Waals surface area contributed by atoms with Gasteiger partial charge in [0.25, 0.3) is 5.56 Å². The molecule has 1 N–H and O–H groups in total. The third kappa shape index (κ3) is 2.81. The summed E-state index contributed by atoms with van der Waals surface area (Å²) in [7, 11) is 3.51. The molecule has 1 aliphatic rings. The van der Waals surface area contributed by atoms with Crippen molar-refractivity contribution in [3.8, 4) is 0 Å². The van der Waals surface area contributed by atoms with E-state index in [0.29, 0.717) is 17.7 Å². The number of hydrogen-bond acceptors (Lipinski definition) is 3. The maximum atomic E-state index is 13.9. The van der Waals surface area contributed by atoms with Gasteiger partial charge in [0.1, 0.15) is 17.3 Å². The number of allylic oxidation sites excluding steroid dienone is 6. The second-order valence-corrected chi connectivity index (χ2v) is 4.70. The highest BCUT2D eigenvalue weighted by Gasteiger charge is 2.12. The fraction of sp³-hybridized carbons (Fsp3) is 0.286. The minimum Gasteiger partial charge on any atom is -0.372 e. The van der Waals surface area contributed by atoms with Crippen molar-refractivity contribution in [1.29, 1.82) is 0 Å². The van der Waals surface area contributed by atoms with Crippen LogP contribution in [0.3, 0.4) is 0 Å². The maximum Gasteiger partial charge on any atom is 0.274 e. The quantitative estimate of drug-likeness (QED) is 0.889. The molecule has 1 aromatic heterocycles. The Balaban J connectivity index is 2.53. The molecule has 100 valence electrons. The minimum absolute atomic E-state index is 0.249. The fourth-order valence-electron chi connectivity index (χ4n) is 1.84. The Bertz CT molecular complexity index is 638. The normalized spacial score (nSPS) is 15.3. The summed E-state index contributed by atoms with van der Waals surface area (Å²) in [6.45, 7) is 1.91. The second kappa shape index (κ2) is 5.22. The Hall–Kier alpha value is -2.17. The van der Waals surface area contributed by atoms with E-state index in [1.54, 1.807) is 31.1 Å². The number of nitrogens with zero attached hydrogens (tertiary/aromatic N) is 2. The van der Waals surface area contributed by atoms with Crippen LogP contribution >= 0.6 is 0 Å². The molecule has 0 bridgehead atoms. The van der Waals surface area contributed by atoms with Crippen LogP contribution in [0.15, 0.2) is 40.6 Å². The molecule has 5 heteroatoms. The first-order valence-corrected chi connectivity index (χ1v) is 5.99. The number of halogens is 1. The summed E-state index contributed by atoms with van der Waals surface area (Å²) in [5.41, 5.74) is 1.48. The van der Waals surface area contributed by atoms with Gasteiger partial charge in [-0.3, -0.25) is 4.79 Å². The van der Waals surface area contributed by atoms with Crippen molar-refractivity contribution in [2.24, 2.45) is 0 Å². The van der Waals surface area contributed by atoms with Crippen LogP contribution < -0.4 is 10.5 Å². The van der Waals surface area contributed by atoms with Crippen LogP contribution in [0.1, 0.15) is 19.2 Å². The molecule has 1 aliphatic carbocycles. The summed E-state index contributed by atoms with van der Waals surface area (Å²) in [5.74, 6) is -0.142. The minimum atomic E-state index is -0.391. The molecule has 0 aliphatic heterocycles. The third-order valence-electron chi connectivity index (χ3n) is 2.87. The lowest BCUT2D eigenvalue weighted by Gasteiger charge is -2.11. The van der Waals surface area contributed by atoms with Crippen molar-refractivity contribution in [2.45, 2.75) is 13.3 Å². The van der Waals surface area contributed by atoms with Gasteiger partial charge in [-0.25, -0.2) is 9.37 Å². The van der Waals surface area contributed by atoms with Gasteiger partial charge < -0.3 is 9.88 Å². The summed E-state index contributed by atoms with van der Waals surface area (Å²) in [4.78, 5) is 20.3. The molecule has 0 aromatic carbocycles. The molecule has 0 fully saturated rings. The number of nitrogens with one attached hydrogen (secondary N) is 1. The Labute approximate surface area is 111 Å². The van der Waals surface area contributed by atoms with E-state index in [1.807, 2.05) is 6.92 Å². The van der Waals surface area contributed by atoms with Gasteiger partial charge in [0.05, 0.1) is 11.8 Å². The Morgan fingerprint density at radius 1 is 1.42 bits per heavy atom. The predicted molar refractivity (Wildman–Crippen MR) is 74.7 cm³/mol. The summed E-state index contributed by atoms with van der Waals surface area (Å²) in [6, 6.07) is 0. The third-order valence-corrected chi connectivity index (χ3v) is 2.87. The highest BCUT2D eigenvalue weighted by molar-refractivity contribution is 5.74. The van der Waals surface area contributed by atoms with E-state index in [0.717, 1.165) is 5.57 Å². The Morgan fingerprint density at radius 2 is 2.16 bits per heavy atom. The van der Waals surface area contributed by atoms with Crippen LogP contribution in [-0.4, -0.2) is 24.1 Å². The average Bonchev–Trinajstić information content (AvgIpc) is 2.50. The molecule has 19 heavy (non-hydrogen) atoms. The van der Waals surface area contributed by atoms with Crippen molar-refractivity contribution < 1.29 is 4.39 Å². The van der Waals surface area contributed by atoms with Gasteiger partial charge in [-0.1, -0.05) is 11.6 Å². The summed E-state index contributed by atoms with van der Waals surface area (Å²) in [5, 5.41) is 0. The van der Waals surface area contributed by atoms with Crippen LogP contribution in [0.25, 0.3) is 5.57 Å². The van der Waals surface area contributed by atoms with E-state index >= 15 is 0 Å². The van der Waals surface area contributed by atoms with Crippen LogP contribution in [0, 0.1) is 0 Å². The lowest BCUT2D eigenvalue weighted by Crippen LogP contribution is -2.22. The maximum absolute atomic E-state index is 13.9. The topological polar surface area (TPSA) is 49.0 Å². The molecule has 0 unspecified atom stereocenters. The molecule has 1 aromatic rings. The van der Waals surface area contributed by atoms with Crippen molar-refractivity contribution >= 4 is 11.3 Å². The number of anilines is 1. The molecule has 1 heterocycles. The van der Waals surface area contributed by atoms with Crippen molar-refractivity contribution in [3.63, 3.8) is 0 Å².